The Morgan fingerprint density at radius 1 is 1.30 bits per heavy atom. The molecule has 1 aromatic carbocycles. The van der Waals surface area contributed by atoms with Gasteiger partial charge in [0.1, 0.15) is 6.61 Å². The van der Waals surface area contributed by atoms with Crippen molar-refractivity contribution in [3.63, 3.8) is 0 Å². The van der Waals surface area contributed by atoms with Gasteiger partial charge in [0.25, 0.3) is 5.25 Å². The Balaban J connectivity index is 1.77. The molecular weight excluding hydrogens is 324 g/mol. The fraction of sp³-hybridized carbons (Fsp3) is 0.562. The van der Waals surface area contributed by atoms with E-state index in [0.717, 1.165) is 38.3 Å². The van der Waals surface area contributed by atoms with Gasteiger partial charge in [-0.25, -0.2) is 4.79 Å². The van der Waals surface area contributed by atoms with Crippen LogP contribution in [0.3, 0.4) is 0 Å². The Labute approximate surface area is 138 Å². The number of aliphatic carboxylic acids is 1. The van der Waals surface area contributed by atoms with E-state index in [0.29, 0.717) is 22.7 Å². The zero-order valence-electron chi connectivity index (χ0n) is 12.9. The van der Waals surface area contributed by atoms with Gasteiger partial charge in [0.05, 0.1) is 6.10 Å². The topological polar surface area (TPSA) is 58.6 Å². The minimum absolute atomic E-state index is 0.00899. The van der Waals surface area contributed by atoms with Gasteiger partial charge in [0.2, 0.25) is 0 Å². The van der Waals surface area contributed by atoms with E-state index in [9.17, 15) is 13.6 Å². The number of carbonyl (C=O) groups is 1. The van der Waals surface area contributed by atoms with Crippen LogP contribution in [-0.2, 0) is 9.53 Å². The van der Waals surface area contributed by atoms with Crippen molar-refractivity contribution in [1.29, 1.82) is 0 Å². The normalized spacial score (nSPS) is 21.9. The highest BCUT2D eigenvalue weighted by Crippen LogP contribution is 2.35. The van der Waals surface area contributed by atoms with Crippen molar-refractivity contribution >= 4 is 23.4 Å². The van der Waals surface area contributed by atoms with Crippen LogP contribution in [0.1, 0.15) is 32.6 Å². The third-order valence-corrected chi connectivity index (χ3v) is 4.51. The SMILES string of the molecule is CC(F)(F)Sc1ccc(N[C@H]2CC[C@H](OCC(=O)O)CC2)cc1. The second kappa shape index (κ2) is 7.97. The molecule has 0 aliphatic heterocycles. The van der Waals surface area contributed by atoms with E-state index in [4.69, 9.17) is 9.84 Å². The van der Waals surface area contributed by atoms with E-state index in [1.165, 1.54) is 0 Å². The Bertz CT molecular complexity index is 511. The molecule has 1 saturated carbocycles. The monoisotopic (exact) mass is 345 g/mol. The molecule has 0 saturated heterocycles. The van der Waals surface area contributed by atoms with Gasteiger partial charge in [0, 0.05) is 23.5 Å². The van der Waals surface area contributed by atoms with Crippen LogP contribution in [0.25, 0.3) is 0 Å². The molecule has 2 N–H and O–H groups in total. The fourth-order valence-electron chi connectivity index (χ4n) is 2.62. The molecule has 0 heterocycles. The number of hydrogen-bond donors (Lipinski definition) is 2. The molecule has 0 radical (unpaired) electrons. The van der Waals surface area contributed by atoms with Gasteiger partial charge < -0.3 is 15.2 Å². The van der Waals surface area contributed by atoms with Crippen molar-refractivity contribution in [3.05, 3.63) is 24.3 Å². The molecule has 0 aromatic heterocycles. The second-order valence-electron chi connectivity index (χ2n) is 5.76. The largest absolute Gasteiger partial charge is 0.480 e. The molecule has 0 amide bonds. The number of benzene rings is 1. The number of alkyl halides is 2. The molecule has 1 aromatic rings. The number of halogens is 2. The van der Waals surface area contributed by atoms with Crippen molar-refractivity contribution in [2.45, 2.75) is 54.9 Å². The van der Waals surface area contributed by atoms with Crippen LogP contribution in [0.15, 0.2) is 29.2 Å². The van der Waals surface area contributed by atoms with Gasteiger partial charge >= 0.3 is 5.97 Å². The average Bonchev–Trinajstić information content (AvgIpc) is 2.47. The Kier molecular flexibility index (Phi) is 6.24. The van der Waals surface area contributed by atoms with Gasteiger partial charge in [-0.2, -0.15) is 8.78 Å². The second-order valence-corrected chi connectivity index (χ2v) is 7.15. The Hall–Kier alpha value is -1.34. The highest BCUT2D eigenvalue weighted by Gasteiger charge is 2.23. The number of carboxylic acids is 1. The minimum Gasteiger partial charge on any atom is -0.480 e. The van der Waals surface area contributed by atoms with Gasteiger partial charge in [-0.1, -0.05) is 11.8 Å². The first-order valence-electron chi connectivity index (χ1n) is 7.58. The highest BCUT2D eigenvalue weighted by atomic mass is 32.2. The molecule has 0 spiro atoms. The number of hydrogen-bond acceptors (Lipinski definition) is 4. The molecule has 23 heavy (non-hydrogen) atoms. The van der Waals surface area contributed by atoms with Crippen molar-refractivity contribution in [3.8, 4) is 0 Å². The van der Waals surface area contributed by atoms with Crippen LogP contribution in [0.5, 0.6) is 0 Å². The average molecular weight is 345 g/mol. The lowest BCUT2D eigenvalue weighted by molar-refractivity contribution is -0.145. The van der Waals surface area contributed by atoms with E-state index in [-0.39, 0.29) is 12.7 Å². The maximum absolute atomic E-state index is 12.9. The van der Waals surface area contributed by atoms with Gasteiger partial charge in [0.15, 0.2) is 0 Å². The van der Waals surface area contributed by atoms with Crippen LogP contribution < -0.4 is 5.32 Å². The molecule has 1 aliphatic rings. The summed E-state index contributed by atoms with van der Waals surface area (Å²) in [6.45, 7) is 0.638. The molecule has 1 aliphatic carbocycles. The number of carboxylic acid groups (broad SMARTS) is 1. The molecule has 1 fully saturated rings. The summed E-state index contributed by atoms with van der Waals surface area (Å²) >= 11 is 0.538. The molecule has 0 unspecified atom stereocenters. The van der Waals surface area contributed by atoms with E-state index >= 15 is 0 Å². The number of thioether (sulfide) groups is 1. The first kappa shape index (κ1) is 18.0. The zero-order chi connectivity index (χ0) is 16.9. The lowest BCUT2D eigenvalue weighted by Gasteiger charge is -2.29. The predicted molar refractivity (Wildman–Crippen MR) is 86.2 cm³/mol. The molecule has 0 atom stereocenters. The van der Waals surface area contributed by atoms with Crippen molar-refractivity contribution in [2.75, 3.05) is 11.9 Å². The van der Waals surface area contributed by atoms with Crippen molar-refractivity contribution in [2.24, 2.45) is 0 Å². The summed E-state index contributed by atoms with van der Waals surface area (Å²) < 4.78 is 31.2. The van der Waals surface area contributed by atoms with Crippen LogP contribution in [0, 0.1) is 0 Å². The Morgan fingerprint density at radius 3 is 2.43 bits per heavy atom. The first-order chi connectivity index (χ1) is 10.8. The van der Waals surface area contributed by atoms with Crippen LogP contribution in [-0.4, -0.2) is 35.1 Å². The number of rotatable bonds is 7. The van der Waals surface area contributed by atoms with Crippen molar-refractivity contribution in [1.82, 2.24) is 0 Å². The zero-order valence-corrected chi connectivity index (χ0v) is 13.7. The lowest BCUT2D eigenvalue weighted by Crippen LogP contribution is -2.30. The predicted octanol–water partition coefficient (Wildman–Crippen LogP) is 4.22. The van der Waals surface area contributed by atoms with Crippen molar-refractivity contribution < 1.29 is 23.4 Å². The molecule has 4 nitrogen and oxygen atoms in total. The van der Waals surface area contributed by atoms with Gasteiger partial charge in [-0.15, -0.1) is 0 Å². The lowest BCUT2D eigenvalue weighted by atomic mass is 9.93. The first-order valence-corrected chi connectivity index (χ1v) is 8.40. The smallest absolute Gasteiger partial charge is 0.329 e. The van der Waals surface area contributed by atoms with Crippen LogP contribution in [0.2, 0.25) is 0 Å². The number of ether oxygens (including phenoxy) is 1. The third kappa shape index (κ3) is 6.74. The quantitative estimate of drug-likeness (QED) is 0.725. The number of nitrogens with one attached hydrogen (secondary N) is 1. The number of anilines is 1. The van der Waals surface area contributed by atoms with E-state index in [2.05, 4.69) is 5.32 Å². The van der Waals surface area contributed by atoms with E-state index < -0.39 is 11.2 Å². The summed E-state index contributed by atoms with van der Waals surface area (Å²) in [7, 11) is 0. The summed E-state index contributed by atoms with van der Waals surface area (Å²) in [4.78, 5) is 11.0. The maximum atomic E-state index is 12.9. The van der Waals surface area contributed by atoms with Crippen LogP contribution in [0.4, 0.5) is 14.5 Å². The summed E-state index contributed by atoms with van der Waals surface area (Å²) in [5, 5.41) is 9.21. The highest BCUT2D eigenvalue weighted by molar-refractivity contribution is 8.00. The summed E-state index contributed by atoms with van der Waals surface area (Å²) in [5.41, 5.74) is 0.906. The summed E-state index contributed by atoms with van der Waals surface area (Å²) in [6, 6.07) is 7.28. The Morgan fingerprint density at radius 2 is 1.91 bits per heavy atom. The molecule has 2 rings (SSSR count). The minimum atomic E-state index is -2.77. The van der Waals surface area contributed by atoms with E-state index in [1.54, 1.807) is 24.3 Å². The standard InChI is InChI=1S/C16H21F2NO3S/c1-16(17,18)23-14-8-4-12(5-9-14)19-11-2-6-13(7-3-11)22-10-15(20)21/h4-5,8-9,11,13,19H,2-3,6-7,10H2,1H3,(H,20,21)/t11-,13-. The molecular formula is C16H21F2NO3S. The molecule has 128 valence electrons. The summed E-state index contributed by atoms with van der Waals surface area (Å²) in [5.74, 6) is -0.944. The van der Waals surface area contributed by atoms with E-state index in [1.807, 2.05) is 0 Å². The van der Waals surface area contributed by atoms with Gasteiger partial charge in [-0.05, 0) is 49.9 Å². The third-order valence-electron chi connectivity index (χ3n) is 3.64. The maximum Gasteiger partial charge on any atom is 0.329 e. The molecule has 7 heteroatoms. The molecule has 0 bridgehead atoms. The van der Waals surface area contributed by atoms with Crippen LogP contribution >= 0.6 is 11.8 Å². The summed E-state index contributed by atoms with van der Waals surface area (Å²) in [6.07, 6.45) is 3.44. The van der Waals surface area contributed by atoms with Gasteiger partial charge in [-0.3, -0.25) is 0 Å². The fourth-order valence-corrected chi connectivity index (χ4v) is 3.31.